The highest BCUT2D eigenvalue weighted by Crippen LogP contribution is 2.42. The summed E-state index contributed by atoms with van der Waals surface area (Å²) in [5, 5.41) is 23.0. The lowest BCUT2D eigenvalue weighted by Gasteiger charge is -2.47. The van der Waals surface area contributed by atoms with Crippen LogP contribution in [0.5, 0.6) is 0 Å². The number of aliphatic hydroxyl groups excluding tert-OH is 1. The van der Waals surface area contributed by atoms with E-state index in [0.717, 1.165) is 25.7 Å². The molecule has 2 atom stereocenters. The number of alkyl halides is 1. The second-order valence-electron chi connectivity index (χ2n) is 10.3. The summed E-state index contributed by atoms with van der Waals surface area (Å²) < 4.78 is 15.5. The first-order valence-electron chi connectivity index (χ1n) is 12.5. The zero-order valence-electron chi connectivity index (χ0n) is 21.1. The number of halogens is 1. The van der Waals surface area contributed by atoms with E-state index in [0.29, 0.717) is 19.5 Å². The predicted molar refractivity (Wildman–Crippen MR) is 129 cm³/mol. The third-order valence-corrected chi connectivity index (χ3v) is 7.45. The van der Waals surface area contributed by atoms with E-state index in [1.165, 1.54) is 4.68 Å². The molecule has 2 fully saturated rings. The van der Waals surface area contributed by atoms with Crippen LogP contribution in [0, 0.1) is 5.41 Å². The van der Waals surface area contributed by atoms with Crippen molar-refractivity contribution in [2.45, 2.75) is 89.6 Å². The van der Waals surface area contributed by atoms with Gasteiger partial charge in [0.1, 0.15) is 12.2 Å². The zero-order valence-corrected chi connectivity index (χ0v) is 21.1. The molecule has 2 aliphatic rings. The Labute approximate surface area is 206 Å². The minimum Gasteiger partial charge on any atom is -0.381 e. The van der Waals surface area contributed by atoms with Crippen LogP contribution in [0.2, 0.25) is 0 Å². The Kier molecular flexibility index (Phi) is 8.40. The molecule has 0 aromatic carbocycles. The van der Waals surface area contributed by atoms with Crippen molar-refractivity contribution in [1.82, 2.24) is 25.3 Å². The van der Waals surface area contributed by atoms with Crippen LogP contribution in [0.4, 0.5) is 15.0 Å². The van der Waals surface area contributed by atoms with Crippen LogP contribution in [0.1, 0.15) is 65.7 Å². The van der Waals surface area contributed by atoms with Crippen LogP contribution in [0.3, 0.4) is 0 Å². The fraction of sp³-hybridized carbons (Fsp3) is 0.750. The van der Waals surface area contributed by atoms with Crippen molar-refractivity contribution >= 4 is 23.7 Å². The molecule has 1 unspecified atom stereocenters. The molecule has 196 valence electrons. The van der Waals surface area contributed by atoms with Crippen LogP contribution in [0.25, 0.3) is 0 Å². The number of hydrogen-bond donors (Lipinski definition) is 4. The lowest BCUT2D eigenvalue weighted by Crippen LogP contribution is -2.69. The Bertz CT molecular complexity index is 906. The van der Waals surface area contributed by atoms with Crippen molar-refractivity contribution in [1.29, 1.82) is 0 Å². The molecule has 35 heavy (non-hydrogen) atoms. The van der Waals surface area contributed by atoms with Gasteiger partial charge >= 0.3 is 6.03 Å². The van der Waals surface area contributed by atoms with Gasteiger partial charge in [0.05, 0.1) is 5.54 Å². The van der Waals surface area contributed by atoms with Crippen molar-refractivity contribution in [3.63, 3.8) is 0 Å². The molecule has 4 amide bonds. The van der Waals surface area contributed by atoms with Crippen molar-refractivity contribution < 1.29 is 23.9 Å². The number of nitrogens with one attached hydrogen (secondary N) is 3. The molecule has 2 aliphatic carbocycles. The Balaban J connectivity index is 1.76. The van der Waals surface area contributed by atoms with Crippen LogP contribution >= 0.6 is 0 Å². The largest absolute Gasteiger partial charge is 0.381 e. The standard InChI is InChI=1S/C24H39FN6O4/c1-5-31(6-2)22(35)26-17(15-23(3)10-7-8-11-23)20(33)28-24(13-16(25)14-24)19(32)21(34)27-18-9-12-30(4)29-18/h9,12,16-17,19,32H,5-8,10-11,13-15H2,1-4H3,(H,26,35)(H,28,33)(H,27,29,34)/t16-,17-,19?,24-/m0/s1. The molecule has 0 radical (unpaired) electrons. The molecule has 4 N–H and O–H groups in total. The van der Waals surface area contributed by atoms with Gasteiger partial charge in [0.25, 0.3) is 5.91 Å². The van der Waals surface area contributed by atoms with E-state index in [1.54, 1.807) is 24.2 Å². The number of anilines is 1. The van der Waals surface area contributed by atoms with Gasteiger partial charge in [-0.3, -0.25) is 14.3 Å². The maximum absolute atomic E-state index is 14.0. The molecule has 10 nitrogen and oxygen atoms in total. The SMILES string of the molecule is CCN(CC)C(=O)N[C@@H](CC1(C)CCCC1)C(=O)N[C@]1(C(O)C(=O)Nc2ccn(C)n2)C[C@@H](F)C1. The Morgan fingerprint density at radius 3 is 2.37 bits per heavy atom. The monoisotopic (exact) mass is 494 g/mol. The highest BCUT2D eigenvalue weighted by molar-refractivity contribution is 5.95. The van der Waals surface area contributed by atoms with Gasteiger partial charge in [-0.2, -0.15) is 5.10 Å². The normalized spacial score (nSPS) is 24.7. The predicted octanol–water partition coefficient (Wildman–Crippen LogP) is 2.10. The lowest BCUT2D eigenvalue weighted by molar-refractivity contribution is -0.140. The molecular weight excluding hydrogens is 455 g/mol. The van der Waals surface area contributed by atoms with E-state index in [4.69, 9.17) is 0 Å². The van der Waals surface area contributed by atoms with E-state index in [2.05, 4.69) is 28.0 Å². The molecular formula is C24H39FN6O4. The van der Waals surface area contributed by atoms with Gasteiger partial charge in [-0.1, -0.05) is 19.8 Å². The summed E-state index contributed by atoms with van der Waals surface area (Å²) in [6, 6.07) is 0.347. The van der Waals surface area contributed by atoms with Crippen LogP contribution in [-0.2, 0) is 16.6 Å². The molecule has 0 bridgehead atoms. The molecule has 1 heterocycles. The van der Waals surface area contributed by atoms with Crippen molar-refractivity contribution in [2.24, 2.45) is 12.5 Å². The minimum atomic E-state index is -1.68. The van der Waals surface area contributed by atoms with E-state index in [9.17, 15) is 23.9 Å². The molecule has 3 rings (SSSR count). The molecule has 0 aliphatic heterocycles. The smallest absolute Gasteiger partial charge is 0.318 e. The number of nitrogens with zero attached hydrogens (tertiary/aromatic N) is 3. The zero-order chi connectivity index (χ0) is 25.8. The molecule has 0 spiro atoms. The molecule has 0 saturated heterocycles. The van der Waals surface area contributed by atoms with E-state index >= 15 is 0 Å². The number of hydrogen-bond acceptors (Lipinski definition) is 5. The summed E-state index contributed by atoms with van der Waals surface area (Å²) in [5.41, 5.74) is -1.56. The number of aromatic nitrogens is 2. The number of rotatable bonds is 10. The number of aryl methyl sites for hydroxylation is 1. The summed E-state index contributed by atoms with van der Waals surface area (Å²) in [6.07, 6.45) is 2.78. The first-order valence-corrected chi connectivity index (χ1v) is 12.5. The maximum atomic E-state index is 14.0. The quantitative estimate of drug-likeness (QED) is 0.396. The number of carbonyl (C=O) groups is 3. The Hall–Kier alpha value is -2.69. The topological polar surface area (TPSA) is 129 Å². The summed E-state index contributed by atoms with van der Waals surface area (Å²) in [7, 11) is 1.69. The second kappa shape index (κ2) is 10.9. The molecule has 1 aromatic heterocycles. The number of aliphatic hydroxyl groups is 1. The summed E-state index contributed by atoms with van der Waals surface area (Å²) >= 11 is 0. The molecule has 1 aromatic rings. The number of amides is 4. The number of carbonyl (C=O) groups excluding carboxylic acids is 3. The third kappa shape index (κ3) is 6.31. The van der Waals surface area contributed by atoms with Gasteiger partial charge in [0.15, 0.2) is 11.9 Å². The fourth-order valence-corrected chi connectivity index (χ4v) is 5.27. The third-order valence-electron chi connectivity index (χ3n) is 7.45. The Morgan fingerprint density at radius 1 is 1.23 bits per heavy atom. The average Bonchev–Trinajstić information content (AvgIpc) is 3.40. The van der Waals surface area contributed by atoms with Gasteiger partial charge in [0.2, 0.25) is 5.91 Å². The first kappa shape index (κ1) is 26.9. The van der Waals surface area contributed by atoms with Crippen molar-refractivity contribution in [3.05, 3.63) is 12.3 Å². The fourth-order valence-electron chi connectivity index (χ4n) is 5.27. The highest BCUT2D eigenvalue weighted by atomic mass is 19.1. The van der Waals surface area contributed by atoms with Crippen LogP contribution in [-0.4, -0.2) is 74.6 Å². The second-order valence-corrected chi connectivity index (χ2v) is 10.3. The summed E-state index contributed by atoms with van der Waals surface area (Å²) in [5.74, 6) is -1.05. The van der Waals surface area contributed by atoms with E-state index < -0.39 is 35.7 Å². The highest BCUT2D eigenvalue weighted by Gasteiger charge is 2.54. The summed E-state index contributed by atoms with van der Waals surface area (Å²) in [6.45, 7) is 6.81. The van der Waals surface area contributed by atoms with E-state index in [1.807, 2.05) is 13.8 Å². The van der Waals surface area contributed by atoms with E-state index in [-0.39, 0.29) is 30.1 Å². The maximum Gasteiger partial charge on any atom is 0.318 e. The Morgan fingerprint density at radius 2 is 1.86 bits per heavy atom. The van der Waals surface area contributed by atoms with Crippen LogP contribution < -0.4 is 16.0 Å². The molecule has 11 heteroatoms. The van der Waals surface area contributed by atoms with Crippen molar-refractivity contribution in [3.8, 4) is 0 Å². The lowest BCUT2D eigenvalue weighted by atomic mass is 9.70. The minimum absolute atomic E-state index is 0.108. The van der Waals surface area contributed by atoms with Crippen LogP contribution in [0.15, 0.2) is 12.3 Å². The molecule has 2 saturated carbocycles. The van der Waals surface area contributed by atoms with Gasteiger partial charge in [-0.05, 0) is 38.5 Å². The van der Waals surface area contributed by atoms with Gasteiger partial charge < -0.3 is 26.0 Å². The first-order chi connectivity index (χ1) is 16.5. The van der Waals surface area contributed by atoms with Gasteiger partial charge in [-0.15, -0.1) is 0 Å². The summed E-state index contributed by atoms with van der Waals surface area (Å²) in [4.78, 5) is 40.6. The number of urea groups is 1. The van der Waals surface area contributed by atoms with Gasteiger partial charge in [-0.25, -0.2) is 9.18 Å². The average molecular weight is 495 g/mol. The van der Waals surface area contributed by atoms with Crippen molar-refractivity contribution in [2.75, 3.05) is 18.4 Å². The van der Waals surface area contributed by atoms with Gasteiger partial charge in [0, 0.05) is 45.2 Å².